The molecule has 0 atom stereocenters. The summed E-state index contributed by atoms with van der Waals surface area (Å²) >= 11 is 0. The first-order chi connectivity index (χ1) is 10.7. The molecule has 0 aromatic heterocycles. The minimum absolute atomic E-state index is 0.329. The van der Waals surface area contributed by atoms with E-state index in [4.69, 9.17) is 4.74 Å². The standard InChI is InChI=1S/C20H18O2/c1-14(2)20(21)22-12-11-19-17-9-5-3-7-15(17)13-16-8-4-6-10-18(16)19/h3-10,13H,1,11-12H2,2H3. The molecule has 3 aromatic rings. The van der Waals surface area contributed by atoms with E-state index in [0.29, 0.717) is 18.6 Å². The van der Waals surface area contributed by atoms with Gasteiger partial charge in [-0.1, -0.05) is 55.1 Å². The molecule has 0 N–H and O–H groups in total. The fourth-order valence-corrected chi connectivity index (χ4v) is 2.75. The monoisotopic (exact) mass is 290 g/mol. The Morgan fingerprint density at radius 1 is 1.00 bits per heavy atom. The molecule has 0 unspecified atom stereocenters. The number of rotatable bonds is 4. The average molecular weight is 290 g/mol. The molecule has 0 spiro atoms. The second-order valence-electron chi connectivity index (χ2n) is 5.46. The van der Waals surface area contributed by atoms with Crippen LogP contribution in [-0.4, -0.2) is 12.6 Å². The zero-order valence-electron chi connectivity index (χ0n) is 12.6. The molecule has 110 valence electrons. The van der Waals surface area contributed by atoms with Crippen molar-refractivity contribution in [3.8, 4) is 0 Å². The van der Waals surface area contributed by atoms with Crippen LogP contribution in [0.3, 0.4) is 0 Å². The van der Waals surface area contributed by atoms with Crippen LogP contribution in [-0.2, 0) is 16.0 Å². The van der Waals surface area contributed by atoms with Gasteiger partial charge in [0.1, 0.15) is 0 Å². The van der Waals surface area contributed by atoms with Crippen molar-refractivity contribution in [1.29, 1.82) is 0 Å². The predicted octanol–water partition coefficient (Wildman–Crippen LogP) is 4.65. The summed E-state index contributed by atoms with van der Waals surface area (Å²) in [6, 6.07) is 18.9. The summed E-state index contributed by atoms with van der Waals surface area (Å²) in [5.41, 5.74) is 1.66. The molecule has 0 saturated heterocycles. The zero-order valence-corrected chi connectivity index (χ0v) is 12.6. The van der Waals surface area contributed by atoms with Gasteiger partial charge in [-0.25, -0.2) is 4.79 Å². The van der Waals surface area contributed by atoms with Crippen LogP contribution < -0.4 is 0 Å². The van der Waals surface area contributed by atoms with Crippen molar-refractivity contribution < 1.29 is 9.53 Å². The molecular formula is C20H18O2. The summed E-state index contributed by atoms with van der Waals surface area (Å²) in [6.45, 7) is 5.63. The highest BCUT2D eigenvalue weighted by atomic mass is 16.5. The molecule has 2 heteroatoms. The van der Waals surface area contributed by atoms with Crippen molar-refractivity contribution in [2.75, 3.05) is 6.61 Å². The van der Waals surface area contributed by atoms with Crippen LogP contribution >= 0.6 is 0 Å². The lowest BCUT2D eigenvalue weighted by molar-refractivity contribution is -0.138. The maximum Gasteiger partial charge on any atom is 0.333 e. The second-order valence-corrected chi connectivity index (χ2v) is 5.46. The van der Waals surface area contributed by atoms with Crippen molar-refractivity contribution in [1.82, 2.24) is 0 Å². The molecule has 0 aliphatic carbocycles. The fourth-order valence-electron chi connectivity index (χ4n) is 2.75. The Bertz CT molecular complexity index is 808. The maximum absolute atomic E-state index is 11.5. The van der Waals surface area contributed by atoms with E-state index in [1.54, 1.807) is 6.92 Å². The SMILES string of the molecule is C=C(C)C(=O)OCCc1c2ccccc2cc2ccccc12. The van der Waals surface area contributed by atoms with Crippen LogP contribution in [0.1, 0.15) is 12.5 Å². The van der Waals surface area contributed by atoms with Crippen LogP contribution in [0.2, 0.25) is 0 Å². The number of ether oxygens (including phenoxy) is 1. The topological polar surface area (TPSA) is 26.3 Å². The van der Waals surface area contributed by atoms with Gasteiger partial charge in [0.15, 0.2) is 0 Å². The molecule has 22 heavy (non-hydrogen) atoms. The van der Waals surface area contributed by atoms with E-state index in [2.05, 4.69) is 36.9 Å². The summed E-state index contributed by atoms with van der Waals surface area (Å²) in [4.78, 5) is 11.5. The Morgan fingerprint density at radius 2 is 1.55 bits per heavy atom. The Balaban J connectivity index is 2.01. The van der Waals surface area contributed by atoms with Gasteiger partial charge in [0.25, 0.3) is 0 Å². The summed E-state index contributed by atoms with van der Waals surface area (Å²) < 4.78 is 5.27. The lowest BCUT2D eigenvalue weighted by Gasteiger charge is -2.12. The van der Waals surface area contributed by atoms with Crippen LogP contribution in [0, 0.1) is 0 Å². The maximum atomic E-state index is 11.5. The molecule has 0 aliphatic heterocycles. The highest BCUT2D eigenvalue weighted by Gasteiger charge is 2.09. The average Bonchev–Trinajstić information content (AvgIpc) is 2.53. The van der Waals surface area contributed by atoms with Crippen molar-refractivity contribution >= 4 is 27.5 Å². The first-order valence-corrected chi connectivity index (χ1v) is 7.39. The normalized spacial score (nSPS) is 10.8. The van der Waals surface area contributed by atoms with Gasteiger partial charge >= 0.3 is 5.97 Å². The number of hydrogen-bond acceptors (Lipinski definition) is 2. The van der Waals surface area contributed by atoms with Gasteiger partial charge < -0.3 is 4.74 Å². The molecule has 0 heterocycles. The lowest BCUT2D eigenvalue weighted by atomic mass is 9.95. The molecule has 3 aromatic carbocycles. The molecule has 2 nitrogen and oxygen atoms in total. The van der Waals surface area contributed by atoms with Crippen LogP contribution in [0.25, 0.3) is 21.5 Å². The molecular weight excluding hydrogens is 272 g/mol. The van der Waals surface area contributed by atoms with E-state index < -0.39 is 0 Å². The Kier molecular flexibility index (Phi) is 3.92. The van der Waals surface area contributed by atoms with Gasteiger partial charge in [0.05, 0.1) is 6.61 Å². The number of carbonyl (C=O) groups is 1. The number of hydrogen-bond donors (Lipinski definition) is 0. The first kappa shape index (κ1) is 14.3. The highest BCUT2D eigenvalue weighted by Crippen LogP contribution is 2.28. The van der Waals surface area contributed by atoms with E-state index in [9.17, 15) is 4.79 Å². The van der Waals surface area contributed by atoms with Gasteiger partial charge in [-0.15, -0.1) is 0 Å². The Labute approximate surface area is 130 Å². The molecule has 0 radical (unpaired) electrons. The predicted molar refractivity (Wildman–Crippen MR) is 90.9 cm³/mol. The van der Waals surface area contributed by atoms with E-state index >= 15 is 0 Å². The summed E-state index contributed by atoms with van der Waals surface area (Å²) in [5, 5.41) is 4.85. The van der Waals surface area contributed by atoms with Crippen molar-refractivity contribution in [3.63, 3.8) is 0 Å². The number of benzene rings is 3. The lowest BCUT2D eigenvalue weighted by Crippen LogP contribution is -2.08. The molecule has 0 aliphatic rings. The van der Waals surface area contributed by atoms with Gasteiger partial charge in [0.2, 0.25) is 0 Å². The summed E-state index contributed by atoms with van der Waals surface area (Å²) in [6.07, 6.45) is 0.695. The van der Waals surface area contributed by atoms with Crippen LogP contribution in [0.5, 0.6) is 0 Å². The third-order valence-electron chi connectivity index (χ3n) is 3.82. The second kappa shape index (κ2) is 6.02. The van der Waals surface area contributed by atoms with Gasteiger partial charge in [-0.2, -0.15) is 0 Å². The molecule has 0 amide bonds. The molecule has 0 fully saturated rings. The number of esters is 1. The van der Waals surface area contributed by atoms with Crippen molar-refractivity contribution in [3.05, 3.63) is 72.3 Å². The molecule has 0 saturated carbocycles. The van der Waals surface area contributed by atoms with Gasteiger partial charge in [0, 0.05) is 12.0 Å². The Morgan fingerprint density at radius 3 is 2.09 bits per heavy atom. The number of fused-ring (bicyclic) bond motifs is 2. The van der Waals surface area contributed by atoms with Crippen LogP contribution in [0.15, 0.2) is 66.7 Å². The van der Waals surface area contributed by atoms with Crippen molar-refractivity contribution in [2.24, 2.45) is 0 Å². The number of carbonyl (C=O) groups excluding carboxylic acids is 1. The third-order valence-corrected chi connectivity index (χ3v) is 3.82. The molecule has 3 rings (SSSR count). The Hall–Kier alpha value is -2.61. The van der Waals surface area contributed by atoms with E-state index in [-0.39, 0.29) is 5.97 Å². The smallest absolute Gasteiger partial charge is 0.333 e. The minimum Gasteiger partial charge on any atom is -0.462 e. The summed E-state index contributed by atoms with van der Waals surface area (Å²) in [5.74, 6) is -0.329. The minimum atomic E-state index is -0.329. The van der Waals surface area contributed by atoms with E-state index in [0.717, 1.165) is 0 Å². The van der Waals surface area contributed by atoms with E-state index in [1.165, 1.54) is 27.1 Å². The quantitative estimate of drug-likeness (QED) is 0.397. The fraction of sp³-hybridized carbons (Fsp3) is 0.150. The van der Waals surface area contributed by atoms with Gasteiger partial charge in [-0.05, 0) is 40.1 Å². The first-order valence-electron chi connectivity index (χ1n) is 7.39. The third kappa shape index (κ3) is 2.73. The van der Waals surface area contributed by atoms with Gasteiger partial charge in [-0.3, -0.25) is 0 Å². The van der Waals surface area contributed by atoms with Crippen molar-refractivity contribution in [2.45, 2.75) is 13.3 Å². The summed E-state index contributed by atoms with van der Waals surface area (Å²) in [7, 11) is 0. The zero-order chi connectivity index (χ0) is 15.5. The molecule has 0 bridgehead atoms. The van der Waals surface area contributed by atoms with Crippen LogP contribution in [0.4, 0.5) is 0 Å². The largest absolute Gasteiger partial charge is 0.462 e. The van der Waals surface area contributed by atoms with E-state index in [1.807, 2.05) is 24.3 Å². The highest BCUT2D eigenvalue weighted by molar-refractivity contribution is 6.02.